The highest BCUT2D eigenvalue weighted by molar-refractivity contribution is 5.97. The fourth-order valence-electron chi connectivity index (χ4n) is 3.69. The van der Waals surface area contributed by atoms with Gasteiger partial charge < -0.3 is 19.7 Å². The monoisotopic (exact) mass is 356 g/mol. The Kier molecular flexibility index (Phi) is 4.02. The zero-order valence-corrected chi connectivity index (χ0v) is 14.4. The number of aromatic nitrogens is 3. The number of piperidine rings is 1. The van der Waals surface area contributed by atoms with Crippen LogP contribution in [0.15, 0.2) is 29.1 Å². The summed E-state index contributed by atoms with van der Waals surface area (Å²) in [5, 5.41) is 14.6. The molecule has 26 heavy (non-hydrogen) atoms. The minimum atomic E-state index is -0.898. The number of hydrogen-bond acceptors (Lipinski definition) is 4. The van der Waals surface area contributed by atoms with Crippen molar-refractivity contribution < 1.29 is 14.6 Å². The van der Waals surface area contributed by atoms with Gasteiger partial charge in [0.1, 0.15) is 11.4 Å². The Bertz CT molecular complexity index is 1030. The SMILES string of the molecule is CCOc1cccc2nn3c(C4CCN(C(=O)O)CC4)cc(=O)[nH]c3c12. The van der Waals surface area contributed by atoms with Crippen LogP contribution in [0.2, 0.25) is 0 Å². The normalized spacial score (nSPS) is 15.7. The fourth-order valence-corrected chi connectivity index (χ4v) is 3.69. The lowest BCUT2D eigenvalue weighted by atomic mass is 9.93. The summed E-state index contributed by atoms with van der Waals surface area (Å²) < 4.78 is 7.48. The minimum Gasteiger partial charge on any atom is -0.493 e. The summed E-state index contributed by atoms with van der Waals surface area (Å²) in [6, 6.07) is 7.20. The summed E-state index contributed by atoms with van der Waals surface area (Å²) in [4.78, 5) is 27.7. The van der Waals surface area contributed by atoms with Gasteiger partial charge in [-0.1, -0.05) is 6.07 Å². The first-order chi connectivity index (χ1) is 12.6. The van der Waals surface area contributed by atoms with E-state index in [4.69, 9.17) is 9.84 Å². The van der Waals surface area contributed by atoms with Gasteiger partial charge in [0.2, 0.25) is 0 Å². The third-order valence-electron chi connectivity index (χ3n) is 4.91. The zero-order chi connectivity index (χ0) is 18.3. The maximum absolute atomic E-state index is 12.3. The number of carboxylic acid groups (broad SMARTS) is 1. The van der Waals surface area contributed by atoms with Crippen molar-refractivity contribution >= 4 is 22.6 Å². The van der Waals surface area contributed by atoms with E-state index in [9.17, 15) is 9.59 Å². The van der Waals surface area contributed by atoms with Crippen LogP contribution in [0.3, 0.4) is 0 Å². The number of H-pyrrole nitrogens is 1. The van der Waals surface area contributed by atoms with Crippen molar-refractivity contribution in [2.45, 2.75) is 25.7 Å². The summed E-state index contributed by atoms with van der Waals surface area (Å²) in [6.07, 6.45) is 0.435. The van der Waals surface area contributed by atoms with Crippen LogP contribution in [-0.4, -0.2) is 50.4 Å². The Morgan fingerprint density at radius 1 is 1.38 bits per heavy atom. The molecule has 0 aliphatic carbocycles. The second-order valence-electron chi connectivity index (χ2n) is 6.45. The molecule has 1 aromatic carbocycles. The second-order valence-corrected chi connectivity index (χ2v) is 6.45. The molecule has 0 radical (unpaired) electrons. The quantitative estimate of drug-likeness (QED) is 0.751. The number of likely N-dealkylation sites (tertiary alicyclic amines) is 1. The smallest absolute Gasteiger partial charge is 0.407 e. The molecular weight excluding hydrogens is 336 g/mol. The zero-order valence-electron chi connectivity index (χ0n) is 14.4. The van der Waals surface area contributed by atoms with Gasteiger partial charge in [-0.05, 0) is 31.9 Å². The summed E-state index contributed by atoms with van der Waals surface area (Å²) in [5.74, 6) is 0.772. The van der Waals surface area contributed by atoms with E-state index in [2.05, 4.69) is 10.1 Å². The third kappa shape index (κ3) is 2.67. The molecule has 4 rings (SSSR count). The van der Waals surface area contributed by atoms with Crippen LogP contribution in [0.5, 0.6) is 5.75 Å². The lowest BCUT2D eigenvalue weighted by molar-refractivity contribution is 0.131. The van der Waals surface area contributed by atoms with Crippen LogP contribution < -0.4 is 10.3 Å². The first kappa shape index (κ1) is 16.4. The van der Waals surface area contributed by atoms with Gasteiger partial charge in [-0.3, -0.25) is 4.79 Å². The van der Waals surface area contributed by atoms with E-state index < -0.39 is 6.09 Å². The van der Waals surface area contributed by atoms with Gasteiger partial charge in [-0.25, -0.2) is 9.31 Å². The Morgan fingerprint density at radius 2 is 2.15 bits per heavy atom. The van der Waals surface area contributed by atoms with Gasteiger partial charge in [-0.15, -0.1) is 0 Å². The van der Waals surface area contributed by atoms with Crippen LogP contribution in [0.1, 0.15) is 31.4 Å². The van der Waals surface area contributed by atoms with Gasteiger partial charge in [0.05, 0.1) is 23.2 Å². The van der Waals surface area contributed by atoms with Gasteiger partial charge in [0.15, 0.2) is 0 Å². The maximum atomic E-state index is 12.3. The maximum Gasteiger partial charge on any atom is 0.407 e. The molecule has 0 spiro atoms. The Hall–Kier alpha value is -3.03. The summed E-state index contributed by atoms with van der Waals surface area (Å²) in [6.45, 7) is 3.35. The van der Waals surface area contributed by atoms with Crippen molar-refractivity contribution in [1.82, 2.24) is 19.5 Å². The molecule has 2 aromatic heterocycles. The predicted molar refractivity (Wildman–Crippen MR) is 96.1 cm³/mol. The molecule has 0 saturated carbocycles. The lowest BCUT2D eigenvalue weighted by Gasteiger charge is -2.30. The highest BCUT2D eigenvalue weighted by Crippen LogP contribution is 2.32. The molecule has 3 aromatic rings. The van der Waals surface area contributed by atoms with Crippen LogP contribution in [0.4, 0.5) is 4.79 Å². The van der Waals surface area contributed by atoms with E-state index in [1.54, 1.807) is 10.6 Å². The number of rotatable bonds is 3. The fraction of sp³-hybridized carbons (Fsp3) is 0.389. The number of ether oxygens (including phenoxy) is 1. The van der Waals surface area contributed by atoms with Gasteiger partial charge in [0.25, 0.3) is 5.56 Å². The highest BCUT2D eigenvalue weighted by atomic mass is 16.5. The number of amides is 1. The highest BCUT2D eigenvalue weighted by Gasteiger charge is 2.26. The molecule has 136 valence electrons. The van der Waals surface area contributed by atoms with E-state index in [-0.39, 0.29) is 11.5 Å². The van der Waals surface area contributed by atoms with E-state index in [0.717, 1.165) is 16.6 Å². The number of nitrogens with zero attached hydrogens (tertiary/aromatic N) is 3. The number of carbonyl (C=O) groups is 1. The minimum absolute atomic E-state index is 0.0836. The number of nitrogens with one attached hydrogen (secondary N) is 1. The molecule has 0 bridgehead atoms. The first-order valence-corrected chi connectivity index (χ1v) is 8.74. The van der Waals surface area contributed by atoms with E-state index in [0.29, 0.717) is 43.9 Å². The van der Waals surface area contributed by atoms with Crippen LogP contribution in [0, 0.1) is 0 Å². The molecular formula is C18H20N4O4. The van der Waals surface area contributed by atoms with E-state index >= 15 is 0 Å². The van der Waals surface area contributed by atoms with Crippen LogP contribution in [-0.2, 0) is 0 Å². The molecule has 1 saturated heterocycles. The molecule has 8 heteroatoms. The lowest BCUT2D eigenvalue weighted by Crippen LogP contribution is -2.37. The van der Waals surface area contributed by atoms with Crippen molar-refractivity contribution in [3.8, 4) is 5.75 Å². The largest absolute Gasteiger partial charge is 0.493 e. The van der Waals surface area contributed by atoms with Crippen molar-refractivity contribution in [2.24, 2.45) is 0 Å². The summed E-state index contributed by atoms with van der Waals surface area (Å²) in [5.41, 5.74) is 1.99. The number of hydrogen-bond donors (Lipinski definition) is 2. The molecule has 0 unspecified atom stereocenters. The Labute approximate surface area is 149 Å². The van der Waals surface area contributed by atoms with Gasteiger partial charge in [0, 0.05) is 25.1 Å². The third-order valence-corrected chi connectivity index (χ3v) is 4.91. The summed E-state index contributed by atoms with van der Waals surface area (Å²) in [7, 11) is 0. The molecule has 3 heterocycles. The molecule has 8 nitrogen and oxygen atoms in total. The number of fused-ring (bicyclic) bond motifs is 3. The van der Waals surface area contributed by atoms with E-state index in [1.165, 1.54) is 4.90 Å². The molecule has 2 N–H and O–H groups in total. The van der Waals surface area contributed by atoms with Crippen LogP contribution in [0.25, 0.3) is 16.6 Å². The standard InChI is InChI=1S/C18H20N4O4/c1-2-26-14-5-3-4-12-16(14)17-19-15(23)10-13(22(17)20-12)11-6-8-21(9-7-11)18(24)25/h3-5,10-11H,2,6-9H2,1H3,(H,19,23)(H,24,25). The van der Waals surface area contributed by atoms with Crippen LogP contribution >= 0.6 is 0 Å². The van der Waals surface area contributed by atoms with Gasteiger partial charge in [-0.2, -0.15) is 5.10 Å². The number of benzene rings is 1. The molecule has 0 atom stereocenters. The molecule has 1 aliphatic heterocycles. The molecule has 1 amide bonds. The molecule has 1 aliphatic rings. The van der Waals surface area contributed by atoms with Crippen molar-refractivity contribution in [3.63, 3.8) is 0 Å². The second kappa shape index (κ2) is 6.36. The van der Waals surface area contributed by atoms with Gasteiger partial charge >= 0.3 is 6.09 Å². The topological polar surface area (TPSA) is 99.9 Å². The first-order valence-electron chi connectivity index (χ1n) is 8.74. The average Bonchev–Trinajstić information content (AvgIpc) is 3.01. The Morgan fingerprint density at radius 3 is 2.85 bits per heavy atom. The van der Waals surface area contributed by atoms with Crippen molar-refractivity contribution in [2.75, 3.05) is 19.7 Å². The van der Waals surface area contributed by atoms with E-state index in [1.807, 2.05) is 25.1 Å². The predicted octanol–water partition coefficient (Wildman–Crippen LogP) is 2.43. The van der Waals surface area contributed by atoms with Crippen molar-refractivity contribution in [1.29, 1.82) is 0 Å². The molecule has 1 fully saturated rings. The summed E-state index contributed by atoms with van der Waals surface area (Å²) >= 11 is 0. The average molecular weight is 356 g/mol. The number of aromatic amines is 1. The van der Waals surface area contributed by atoms with Crippen molar-refractivity contribution in [3.05, 3.63) is 40.3 Å². The Balaban J connectivity index is 1.84.